The molecule has 0 bridgehead atoms. The van der Waals surface area contributed by atoms with Crippen LogP contribution in [0.2, 0.25) is 0 Å². The smallest absolute Gasteiger partial charge is 0.0973 e. The van der Waals surface area contributed by atoms with Crippen LogP contribution in [0, 0.1) is 11.8 Å². The summed E-state index contributed by atoms with van der Waals surface area (Å²) in [6, 6.07) is 21.4. The fraction of sp³-hybridized carbons (Fsp3) is 0.231. The molecule has 1 heteroatoms. The summed E-state index contributed by atoms with van der Waals surface area (Å²) >= 11 is 0. The molecule has 0 nitrogen and oxygen atoms in total. The third kappa shape index (κ3) is 5.08. The first-order valence-electron chi connectivity index (χ1n) is 9.53. The quantitative estimate of drug-likeness (QED) is 0.251. The van der Waals surface area contributed by atoms with Gasteiger partial charge in [-0.25, -0.2) is 4.39 Å². The van der Waals surface area contributed by atoms with E-state index in [1.54, 1.807) is 6.92 Å². The van der Waals surface area contributed by atoms with Crippen molar-refractivity contribution in [3.63, 3.8) is 0 Å². The van der Waals surface area contributed by atoms with Crippen LogP contribution in [-0.4, -0.2) is 6.17 Å². The molecule has 0 aliphatic heterocycles. The van der Waals surface area contributed by atoms with Gasteiger partial charge >= 0.3 is 0 Å². The highest BCUT2D eigenvalue weighted by atomic mass is 19.1. The predicted molar refractivity (Wildman–Crippen MR) is 115 cm³/mol. The Kier molecular flexibility index (Phi) is 6.44. The molecule has 1 unspecified atom stereocenters. The van der Waals surface area contributed by atoms with E-state index >= 15 is 0 Å². The lowest BCUT2D eigenvalue weighted by molar-refractivity contribution is 0.336. The van der Waals surface area contributed by atoms with Gasteiger partial charge in [0.25, 0.3) is 0 Å². The maximum absolute atomic E-state index is 12.8. The molecule has 0 spiro atoms. The van der Waals surface area contributed by atoms with E-state index in [2.05, 4.69) is 79.1 Å². The summed E-state index contributed by atoms with van der Waals surface area (Å²) in [5, 5.41) is 2.49. The van der Waals surface area contributed by atoms with Gasteiger partial charge in [-0.2, -0.15) is 0 Å². The first kappa shape index (κ1) is 18.9. The Hall–Kier alpha value is -2.85. The third-order valence-corrected chi connectivity index (χ3v) is 4.67. The molecule has 0 saturated carbocycles. The summed E-state index contributed by atoms with van der Waals surface area (Å²) in [6.07, 6.45) is 4.11. The van der Waals surface area contributed by atoms with Gasteiger partial charge in [-0.3, -0.25) is 0 Å². The fourth-order valence-corrected chi connectivity index (χ4v) is 3.27. The molecule has 0 aliphatic rings. The van der Waals surface area contributed by atoms with Gasteiger partial charge in [0.05, 0.1) is 6.17 Å². The van der Waals surface area contributed by atoms with E-state index in [1.165, 1.54) is 27.5 Å². The van der Waals surface area contributed by atoms with E-state index in [9.17, 15) is 4.39 Å². The first-order chi connectivity index (χ1) is 13.2. The van der Waals surface area contributed by atoms with Gasteiger partial charge < -0.3 is 0 Å². The van der Waals surface area contributed by atoms with Crippen molar-refractivity contribution >= 4 is 10.8 Å². The molecule has 1 atom stereocenters. The van der Waals surface area contributed by atoms with Gasteiger partial charge in [0.1, 0.15) is 0 Å². The average molecular weight is 356 g/mol. The van der Waals surface area contributed by atoms with Crippen LogP contribution in [0.4, 0.5) is 4.39 Å². The summed E-state index contributed by atoms with van der Waals surface area (Å²) in [5.74, 6) is 6.39. The Morgan fingerprint density at radius 1 is 1.04 bits per heavy atom. The molecule has 0 aromatic heterocycles. The van der Waals surface area contributed by atoms with Crippen molar-refractivity contribution in [2.45, 2.75) is 38.8 Å². The molecule has 136 valence electrons. The maximum Gasteiger partial charge on any atom is 0.0973 e. The Bertz CT molecular complexity index is 986. The minimum atomic E-state index is -0.743. The monoisotopic (exact) mass is 356 g/mol. The molecule has 0 saturated heterocycles. The Balaban J connectivity index is 1.87. The van der Waals surface area contributed by atoms with Crippen molar-refractivity contribution in [1.82, 2.24) is 0 Å². The number of fused-ring (bicyclic) bond motifs is 1. The van der Waals surface area contributed by atoms with Gasteiger partial charge in [0.15, 0.2) is 0 Å². The van der Waals surface area contributed by atoms with Crippen LogP contribution in [0.15, 0.2) is 73.3 Å². The van der Waals surface area contributed by atoms with Crippen LogP contribution in [0.3, 0.4) is 0 Å². The normalized spacial score (nSPS) is 11.6. The Morgan fingerprint density at radius 3 is 2.63 bits per heavy atom. The largest absolute Gasteiger partial charge is 0.248 e. The van der Waals surface area contributed by atoms with Gasteiger partial charge in [0.2, 0.25) is 0 Å². The second-order valence-corrected chi connectivity index (χ2v) is 6.90. The maximum atomic E-state index is 12.8. The highest BCUT2D eigenvalue weighted by Crippen LogP contribution is 2.28. The zero-order valence-electron chi connectivity index (χ0n) is 15.8. The molecule has 0 radical (unpaired) electrons. The second-order valence-electron chi connectivity index (χ2n) is 6.90. The van der Waals surface area contributed by atoms with E-state index in [-0.39, 0.29) is 0 Å². The standard InChI is InChI=1S/C26H25F/c1-3-9-24-18-21(11-6-4-5-10-20(2)27)14-17-26(24)25-16-15-22-12-7-8-13-23(22)19-25/h3,7-8,12-20H,1,4-5,9-10H2,2H3. The van der Waals surface area contributed by atoms with Crippen molar-refractivity contribution < 1.29 is 4.39 Å². The highest BCUT2D eigenvalue weighted by molar-refractivity contribution is 5.87. The molecule has 3 aromatic carbocycles. The van der Waals surface area contributed by atoms with Crippen LogP contribution in [0.1, 0.15) is 37.3 Å². The topological polar surface area (TPSA) is 0 Å². The molecule has 0 N–H and O–H groups in total. The van der Waals surface area contributed by atoms with Gasteiger partial charge in [-0.15, -0.1) is 6.58 Å². The molecule has 0 aliphatic carbocycles. The summed E-state index contributed by atoms with van der Waals surface area (Å²) < 4.78 is 12.8. The lowest BCUT2D eigenvalue weighted by atomic mass is 9.94. The van der Waals surface area contributed by atoms with Crippen molar-refractivity contribution in [1.29, 1.82) is 0 Å². The summed E-state index contributed by atoms with van der Waals surface area (Å²) in [5.41, 5.74) is 4.66. The number of unbranched alkanes of at least 4 members (excludes halogenated alkanes) is 1. The lowest BCUT2D eigenvalue weighted by Gasteiger charge is -2.10. The highest BCUT2D eigenvalue weighted by Gasteiger charge is 2.06. The Labute approximate surface area is 161 Å². The molecule has 0 fully saturated rings. The molecule has 27 heavy (non-hydrogen) atoms. The second kappa shape index (κ2) is 9.19. The van der Waals surface area contributed by atoms with Crippen LogP contribution in [-0.2, 0) is 6.42 Å². The lowest BCUT2D eigenvalue weighted by Crippen LogP contribution is -1.91. The number of alkyl halides is 1. The van der Waals surface area contributed by atoms with Crippen molar-refractivity contribution in [2.24, 2.45) is 0 Å². The zero-order valence-corrected chi connectivity index (χ0v) is 15.8. The summed E-state index contributed by atoms with van der Waals surface area (Å²) in [7, 11) is 0. The molecule has 3 rings (SSSR count). The van der Waals surface area contributed by atoms with Gasteiger partial charge in [-0.1, -0.05) is 60.4 Å². The number of hydrogen-bond donors (Lipinski definition) is 0. The SMILES string of the molecule is C=CCc1cc(C#CCCCC(C)F)ccc1-c1ccc2ccccc2c1. The van der Waals surface area contributed by atoms with Crippen molar-refractivity contribution in [3.8, 4) is 23.0 Å². The van der Waals surface area contributed by atoms with Crippen molar-refractivity contribution in [3.05, 3.63) is 84.4 Å². The summed E-state index contributed by atoms with van der Waals surface area (Å²) in [6.45, 7) is 5.50. The van der Waals surface area contributed by atoms with Crippen LogP contribution < -0.4 is 0 Å². The number of hydrogen-bond acceptors (Lipinski definition) is 0. The molecule has 3 aromatic rings. The molecular weight excluding hydrogens is 331 g/mol. The van der Waals surface area contributed by atoms with E-state index < -0.39 is 6.17 Å². The predicted octanol–water partition coefficient (Wildman–Crippen LogP) is 7.12. The number of benzene rings is 3. The number of allylic oxidation sites excluding steroid dienone is 1. The molecule has 0 amide bonds. The van der Waals surface area contributed by atoms with Crippen LogP contribution in [0.5, 0.6) is 0 Å². The minimum absolute atomic E-state index is 0.581. The van der Waals surface area contributed by atoms with Gasteiger partial charge in [-0.05, 0) is 71.8 Å². The number of halogens is 1. The Morgan fingerprint density at radius 2 is 1.85 bits per heavy atom. The summed E-state index contributed by atoms with van der Waals surface area (Å²) in [4.78, 5) is 0. The van der Waals surface area contributed by atoms with E-state index in [4.69, 9.17) is 0 Å². The van der Waals surface area contributed by atoms with E-state index in [0.29, 0.717) is 6.42 Å². The van der Waals surface area contributed by atoms with E-state index in [0.717, 1.165) is 24.8 Å². The molecular formula is C26H25F. The zero-order chi connectivity index (χ0) is 19.1. The fourth-order valence-electron chi connectivity index (χ4n) is 3.27. The van der Waals surface area contributed by atoms with Crippen LogP contribution in [0.25, 0.3) is 21.9 Å². The average Bonchev–Trinajstić information content (AvgIpc) is 2.67. The first-order valence-corrected chi connectivity index (χ1v) is 9.53. The van der Waals surface area contributed by atoms with Gasteiger partial charge in [0, 0.05) is 12.0 Å². The van der Waals surface area contributed by atoms with Crippen molar-refractivity contribution in [2.75, 3.05) is 0 Å². The van der Waals surface area contributed by atoms with Crippen LogP contribution >= 0.6 is 0 Å². The number of rotatable bonds is 6. The third-order valence-electron chi connectivity index (χ3n) is 4.67. The van der Waals surface area contributed by atoms with E-state index in [1.807, 2.05) is 6.08 Å². The minimum Gasteiger partial charge on any atom is -0.248 e. The molecule has 0 heterocycles.